The SMILES string of the molecule is CCOC(=O)C1=C(C)N2C(N)=NC(c3ccccc3)N=C2S1. The van der Waals surface area contributed by atoms with E-state index in [4.69, 9.17) is 10.5 Å². The Kier molecular flexibility index (Phi) is 3.89. The van der Waals surface area contributed by atoms with Gasteiger partial charge in [0.05, 0.1) is 6.61 Å². The van der Waals surface area contributed by atoms with E-state index in [0.717, 1.165) is 5.56 Å². The smallest absolute Gasteiger partial charge is 0.346 e. The Morgan fingerprint density at radius 3 is 2.77 bits per heavy atom. The number of amidine groups is 1. The topological polar surface area (TPSA) is 80.3 Å². The van der Waals surface area contributed by atoms with Gasteiger partial charge >= 0.3 is 5.97 Å². The van der Waals surface area contributed by atoms with Crippen molar-refractivity contribution in [3.8, 4) is 0 Å². The summed E-state index contributed by atoms with van der Waals surface area (Å²) in [5.74, 6) is -0.0192. The summed E-state index contributed by atoms with van der Waals surface area (Å²) >= 11 is 1.27. The molecule has 0 saturated carbocycles. The number of allylic oxidation sites excluding steroid dienone is 1. The van der Waals surface area contributed by atoms with Crippen LogP contribution in [0.25, 0.3) is 0 Å². The Labute approximate surface area is 132 Å². The molecule has 0 saturated heterocycles. The first kappa shape index (κ1) is 14.6. The fraction of sp³-hybridized carbons (Fsp3) is 0.267. The van der Waals surface area contributed by atoms with E-state index in [1.54, 1.807) is 11.8 Å². The Hall–Kier alpha value is -2.28. The molecule has 0 spiro atoms. The third-order valence-electron chi connectivity index (χ3n) is 3.32. The molecule has 2 N–H and O–H groups in total. The molecule has 1 unspecified atom stereocenters. The summed E-state index contributed by atoms with van der Waals surface area (Å²) in [4.78, 5) is 23.2. The Balaban J connectivity index is 1.92. The number of aliphatic imine (C=N–C) groups is 2. The summed E-state index contributed by atoms with van der Waals surface area (Å²) < 4.78 is 5.07. The number of rotatable bonds is 3. The van der Waals surface area contributed by atoms with Crippen LogP contribution in [-0.4, -0.2) is 28.6 Å². The molecule has 1 aromatic carbocycles. The van der Waals surface area contributed by atoms with Gasteiger partial charge in [-0.1, -0.05) is 30.3 Å². The molecule has 6 nitrogen and oxygen atoms in total. The minimum Gasteiger partial charge on any atom is -0.462 e. The number of carbonyl (C=O) groups is 1. The van der Waals surface area contributed by atoms with Crippen LogP contribution in [0.1, 0.15) is 25.6 Å². The maximum absolute atomic E-state index is 12.0. The van der Waals surface area contributed by atoms with Crippen LogP contribution in [0.2, 0.25) is 0 Å². The average molecular weight is 316 g/mol. The molecule has 2 aliphatic rings. The number of ether oxygens (including phenoxy) is 1. The van der Waals surface area contributed by atoms with Gasteiger partial charge in [-0.15, -0.1) is 0 Å². The number of hydrogen-bond acceptors (Lipinski definition) is 7. The van der Waals surface area contributed by atoms with Gasteiger partial charge in [0, 0.05) is 5.70 Å². The molecule has 0 radical (unpaired) electrons. The zero-order valence-electron chi connectivity index (χ0n) is 12.3. The molecule has 2 aliphatic heterocycles. The number of esters is 1. The Morgan fingerprint density at radius 2 is 2.09 bits per heavy atom. The largest absolute Gasteiger partial charge is 0.462 e. The fourth-order valence-electron chi connectivity index (χ4n) is 2.29. The van der Waals surface area contributed by atoms with Crippen LogP contribution in [-0.2, 0) is 9.53 Å². The van der Waals surface area contributed by atoms with E-state index in [1.807, 2.05) is 37.3 Å². The number of hydrogen-bond donors (Lipinski definition) is 1. The van der Waals surface area contributed by atoms with Gasteiger partial charge in [0.25, 0.3) is 0 Å². The predicted octanol–water partition coefficient (Wildman–Crippen LogP) is 2.21. The van der Waals surface area contributed by atoms with E-state index in [0.29, 0.717) is 28.3 Å². The van der Waals surface area contributed by atoms with E-state index < -0.39 is 0 Å². The monoisotopic (exact) mass is 316 g/mol. The molecular formula is C15H16N4O2S. The first-order valence-corrected chi connectivity index (χ1v) is 7.75. The lowest BCUT2D eigenvalue weighted by molar-refractivity contribution is -0.137. The lowest BCUT2D eigenvalue weighted by atomic mass is 10.2. The number of nitrogens with zero attached hydrogens (tertiary/aromatic N) is 3. The van der Waals surface area contributed by atoms with Gasteiger partial charge in [0.1, 0.15) is 4.91 Å². The van der Waals surface area contributed by atoms with Gasteiger partial charge in [-0.25, -0.2) is 14.8 Å². The Bertz CT molecular complexity index is 697. The van der Waals surface area contributed by atoms with Crippen molar-refractivity contribution in [2.75, 3.05) is 6.61 Å². The molecule has 7 heteroatoms. The highest BCUT2D eigenvalue weighted by Gasteiger charge is 2.36. The van der Waals surface area contributed by atoms with Gasteiger partial charge in [-0.05, 0) is 31.2 Å². The highest BCUT2D eigenvalue weighted by molar-refractivity contribution is 8.18. The van der Waals surface area contributed by atoms with Gasteiger partial charge < -0.3 is 10.5 Å². The molecule has 1 atom stereocenters. The van der Waals surface area contributed by atoms with Crippen LogP contribution < -0.4 is 5.73 Å². The van der Waals surface area contributed by atoms with Crippen molar-refractivity contribution in [2.45, 2.75) is 20.0 Å². The van der Waals surface area contributed by atoms with Crippen LogP contribution in [0, 0.1) is 0 Å². The van der Waals surface area contributed by atoms with E-state index in [-0.39, 0.29) is 12.1 Å². The van der Waals surface area contributed by atoms with Gasteiger partial charge in [-0.3, -0.25) is 4.90 Å². The second-order valence-electron chi connectivity index (χ2n) is 4.76. The zero-order chi connectivity index (χ0) is 15.7. The summed E-state index contributed by atoms with van der Waals surface area (Å²) in [5, 5.41) is 0.655. The van der Waals surface area contributed by atoms with Crippen LogP contribution in [0.5, 0.6) is 0 Å². The zero-order valence-corrected chi connectivity index (χ0v) is 13.1. The maximum atomic E-state index is 12.0. The molecule has 0 amide bonds. The fourth-order valence-corrected chi connectivity index (χ4v) is 3.32. The number of benzene rings is 1. The molecule has 114 valence electrons. The predicted molar refractivity (Wildman–Crippen MR) is 87.0 cm³/mol. The standard InChI is InChI=1S/C15H16N4O2S/c1-3-21-13(20)11-9(2)19-14(16)17-12(18-15(19)22-11)10-7-5-4-6-8-10/h4-8,12H,3H2,1-2H3,(H2,16,17). The summed E-state index contributed by atoms with van der Waals surface area (Å²) in [6.07, 6.45) is -0.380. The van der Waals surface area contributed by atoms with Gasteiger partial charge in [-0.2, -0.15) is 0 Å². The first-order valence-electron chi connectivity index (χ1n) is 6.93. The number of nitrogens with two attached hydrogens (primary N) is 1. The van der Waals surface area contributed by atoms with Crippen molar-refractivity contribution in [1.82, 2.24) is 4.90 Å². The summed E-state index contributed by atoms with van der Waals surface area (Å²) in [5.41, 5.74) is 7.73. The van der Waals surface area contributed by atoms with Crippen molar-refractivity contribution in [3.63, 3.8) is 0 Å². The van der Waals surface area contributed by atoms with Crippen molar-refractivity contribution in [2.24, 2.45) is 15.7 Å². The minimum atomic E-state index is -0.380. The highest BCUT2D eigenvalue weighted by atomic mass is 32.2. The molecule has 1 aromatic rings. The molecular weight excluding hydrogens is 300 g/mol. The second-order valence-corrected chi connectivity index (χ2v) is 5.73. The molecule has 0 aliphatic carbocycles. The lowest BCUT2D eigenvalue weighted by Gasteiger charge is -2.25. The third-order valence-corrected chi connectivity index (χ3v) is 4.46. The lowest BCUT2D eigenvalue weighted by Crippen LogP contribution is -2.40. The van der Waals surface area contributed by atoms with Crippen LogP contribution in [0.15, 0.2) is 50.9 Å². The van der Waals surface area contributed by atoms with Gasteiger partial charge in [0.2, 0.25) is 5.96 Å². The summed E-state index contributed by atoms with van der Waals surface area (Å²) in [7, 11) is 0. The Morgan fingerprint density at radius 1 is 1.36 bits per heavy atom. The van der Waals surface area contributed by atoms with Crippen LogP contribution in [0.3, 0.4) is 0 Å². The van der Waals surface area contributed by atoms with E-state index >= 15 is 0 Å². The van der Waals surface area contributed by atoms with E-state index in [1.165, 1.54) is 11.8 Å². The van der Waals surface area contributed by atoms with E-state index in [9.17, 15) is 4.79 Å². The van der Waals surface area contributed by atoms with Crippen molar-refractivity contribution >= 4 is 28.9 Å². The molecule has 0 aromatic heterocycles. The molecule has 2 heterocycles. The number of thioether (sulfide) groups is 1. The number of fused-ring (bicyclic) bond motifs is 1. The van der Waals surface area contributed by atoms with Crippen molar-refractivity contribution < 1.29 is 9.53 Å². The first-order chi connectivity index (χ1) is 10.6. The number of carbonyl (C=O) groups excluding carboxylic acids is 1. The molecule has 22 heavy (non-hydrogen) atoms. The number of guanidine groups is 1. The second kappa shape index (κ2) is 5.84. The molecule has 3 rings (SSSR count). The van der Waals surface area contributed by atoms with Gasteiger partial charge in [0.15, 0.2) is 11.3 Å². The molecule has 0 fully saturated rings. The summed E-state index contributed by atoms with van der Waals surface area (Å²) in [6, 6.07) is 9.71. The maximum Gasteiger partial charge on any atom is 0.346 e. The normalized spacial score (nSPS) is 20.5. The third kappa shape index (κ3) is 2.48. The van der Waals surface area contributed by atoms with Crippen LogP contribution in [0.4, 0.5) is 0 Å². The van der Waals surface area contributed by atoms with Crippen molar-refractivity contribution in [1.29, 1.82) is 0 Å². The molecule has 0 bridgehead atoms. The van der Waals surface area contributed by atoms with E-state index in [2.05, 4.69) is 9.98 Å². The minimum absolute atomic E-state index is 0.332. The quantitative estimate of drug-likeness (QED) is 0.865. The highest BCUT2D eigenvalue weighted by Crippen LogP contribution is 2.38. The summed E-state index contributed by atoms with van der Waals surface area (Å²) in [6.45, 7) is 3.92. The van der Waals surface area contributed by atoms with Crippen LogP contribution >= 0.6 is 11.8 Å². The van der Waals surface area contributed by atoms with Crippen molar-refractivity contribution in [3.05, 3.63) is 46.5 Å². The average Bonchev–Trinajstić information content (AvgIpc) is 2.86.